The number of nitriles is 1. The molecule has 6 nitrogen and oxygen atoms in total. The van der Waals surface area contributed by atoms with Gasteiger partial charge in [-0.1, -0.05) is 12.1 Å². The lowest BCUT2D eigenvalue weighted by molar-refractivity contribution is -0.862. The molecule has 2 rings (SSSR count). The second-order valence-electron chi connectivity index (χ2n) is 6.34. The number of rotatable bonds is 6. The van der Waals surface area contributed by atoms with E-state index in [2.05, 4.69) is 10.6 Å². The third-order valence-electron chi connectivity index (χ3n) is 4.10. The van der Waals surface area contributed by atoms with E-state index in [-0.39, 0.29) is 24.9 Å². The van der Waals surface area contributed by atoms with Gasteiger partial charge in [-0.3, -0.25) is 9.59 Å². The minimum Gasteiger partial charge on any atom is -0.322 e. The van der Waals surface area contributed by atoms with Crippen molar-refractivity contribution < 1.29 is 14.5 Å². The molecule has 0 heterocycles. The first kappa shape index (κ1) is 19.2. The number of quaternary nitrogens is 1. The van der Waals surface area contributed by atoms with Crippen molar-refractivity contribution in [2.24, 2.45) is 0 Å². The van der Waals surface area contributed by atoms with E-state index in [1.54, 1.807) is 31.3 Å². The van der Waals surface area contributed by atoms with Crippen molar-refractivity contribution >= 4 is 23.2 Å². The Hall–Kier alpha value is -3.17. The molecule has 0 bridgehead atoms. The van der Waals surface area contributed by atoms with Gasteiger partial charge in [-0.2, -0.15) is 5.26 Å². The summed E-state index contributed by atoms with van der Waals surface area (Å²) in [7, 11) is 1.79. The third-order valence-corrected chi connectivity index (χ3v) is 4.10. The maximum Gasteiger partial charge on any atom is 0.279 e. The van der Waals surface area contributed by atoms with E-state index in [0.717, 1.165) is 21.7 Å². The Morgan fingerprint density at radius 2 is 1.62 bits per heavy atom. The van der Waals surface area contributed by atoms with Gasteiger partial charge in [0.05, 0.1) is 18.7 Å². The van der Waals surface area contributed by atoms with E-state index in [4.69, 9.17) is 5.26 Å². The summed E-state index contributed by atoms with van der Waals surface area (Å²) in [6, 6.07) is 14.4. The topological polar surface area (TPSA) is 86.4 Å². The van der Waals surface area contributed by atoms with Crippen LogP contribution in [0.1, 0.15) is 16.7 Å². The summed E-state index contributed by atoms with van der Waals surface area (Å²) < 4.78 is 0. The molecule has 2 aromatic rings. The van der Waals surface area contributed by atoms with Gasteiger partial charge in [0.15, 0.2) is 13.1 Å². The van der Waals surface area contributed by atoms with Crippen LogP contribution >= 0.6 is 0 Å². The highest BCUT2D eigenvalue weighted by Gasteiger charge is 2.15. The number of nitrogens with zero attached hydrogens (tertiary/aromatic N) is 1. The quantitative estimate of drug-likeness (QED) is 0.732. The molecule has 134 valence electrons. The van der Waals surface area contributed by atoms with Gasteiger partial charge < -0.3 is 15.5 Å². The van der Waals surface area contributed by atoms with Crippen molar-refractivity contribution in [1.82, 2.24) is 0 Å². The number of hydrogen-bond acceptors (Lipinski definition) is 3. The summed E-state index contributed by atoms with van der Waals surface area (Å²) in [5.41, 5.74) is 4.11. The SMILES string of the molecule is Cc1cccc(NC(=O)C[NH+](C)CC(=O)Nc2ccc(C#N)cc2)c1C. The minimum absolute atomic E-state index is 0.137. The first-order valence-corrected chi connectivity index (χ1v) is 8.36. The fraction of sp³-hybridized carbons (Fsp3) is 0.250. The average Bonchev–Trinajstić information content (AvgIpc) is 2.59. The van der Waals surface area contributed by atoms with Crippen LogP contribution in [-0.4, -0.2) is 32.0 Å². The maximum atomic E-state index is 12.2. The molecule has 0 radical (unpaired) electrons. The Bertz CT molecular complexity index is 838. The molecule has 1 atom stereocenters. The molecule has 0 saturated heterocycles. The Labute approximate surface area is 153 Å². The van der Waals surface area contributed by atoms with Gasteiger partial charge in [-0.05, 0) is 55.3 Å². The van der Waals surface area contributed by atoms with Gasteiger partial charge in [0.2, 0.25) is 0 Å². The number of carbonyl (C=O) groups is 2. The van der Waals surface area contributed by atoms with E-state index in [9.17, 15) is 9.59 Å². The lowest BCUT2D eigenvalue weighted by atomic mass is 10.1. The number of likely N-dealkylation sites (N-methyl/N-ethyl adjacent to an activating group) is 1. The molecule has 1 unspecified atom stereocenters. The molecule has 3 N–H and O–H groups in total. The van der Waals surface area contributed by atoms with E-state index < -0.39 is 0 Å². The average molecular weight is 351 g/mol. The predicted octanol–water partition coefficient (Wildman–Crippen LogP) is 1.27. The van der Waals surface area contributed by atoms with Crippen molar-refractivity contribution in [3.63, 3.8) is 0 Å². The van der Waals surface area contributed by atoms with Crippen LogP contribution < -0.4 is 15.5 Å². The largest absolute Gasteiger partial charge is 0.322 e. The van der Waals surface area contributed by atoms with Crippen LogP contribution in [0.3, 0.4) is 0 Å². The number of carbonyl (C=O) groups excluding carboxylic acids is 2. The number of benzene rings is 2. The second-order valence-corrected chi connectivity index (χ2v) is 6.34. The Kier molecular flexibility index (Phi) is 6.48. The Morgan fingerprint density at radius 1 is 1.00 bits per heavy atom. The zero-order chi connectivity index (χ0) is 19.1. The monoisotopic (exact) mass is 351 g/mol. The number of aryl methyl sites for hydroxylation is 1. The second kappa shape index (κ2) is 8.79. The van der Waals surface area contributed by atoms with E-state index in [1.165, 1.54) is 0 Å². The van der Waals surface area contributed by atoms with Crippen molar-refractivity contribution in [2.45, 2.75) is 13.8 Å². The predicted molar refractivity (Wildman–Crippen MR) is 101 cm³/mol. The third kappa shape index (κ3) is 5.43. The molecule has 0 aliphatic carbocycles. The fourth-order valence-corrected chi connectivity index (χ4v) is 2.52. The molecule has 6 heteroatoms. The van der Waals surface area contributed by atoms with E-state index >= 15 is 0 Å². The lowest BCUT2D eigenvalue weighted by Gasteiger charge is -2.15. The number of amides is 2. The highest BCUT2D eigenvalue weighted by Crippen LogP contribution is 2.17. The van der Waals surface area contributed by atoms with Gasteiger partial charge >= 0.3 is 0 Å². The maximum absolute atomic E-state index is 12.2. The Morgan fingerprint density at radius 3 is 2.23 bits per heavy atom. The van der Waals surface area contributed by atoms with Crippen LogP contribution in [-0.2, 0) is 9.59 Å². The standard InChI is InChI=1S/C20H22N4O2/c1-14-5-4-6-18(15(14)2)23-20(26)13-24(3)12-19(25)22-17-9-7-16(11-21)8-10-17/h4-10H,12-13H2,1-3H3,(H,22,25)(H,23,26)/p+1. The summed E-state index contributed by atoms with van der Waals surface area (Å²) >= 11 is 0. The van der Waals surface area contributed by atoms with Crippen LogP contribution in [0.15, 0.2) is 42.5 Å². The molecule has 0 aromatic heterocycles. The normalized spacial score (nSPS) is 11.3. The van der Waals surface area contributed by atoms with Gasteiger partial charge in [-0.25, -0.2) is 0 Å². The molecule has 0 saturated carbocycles. The van der Waals surface area contributed by atoms with Crippen LogP contribution in [0, 0.1) is 25.2 Å². The van der Waals surface area contributed by atoms with Crippen molar-refractivity contribution in [3.05, 3.63) is 59.2 Å². The van der Waals surface area contributed by atoms with Crippen molar-refractivity contribution in [3.8, 4) is 6.07 Å². The zero-order valence-corrected chi connectivity index (χ0v) is 15.2. The zero-order valence-electron chi connectivity index (χ0n) is 15.2. The van der Waals surface area contributed by atoms with E-state index in [1.807, 2.05) is 38.1 Å². The number of nitrogens with one attached hydrogen (secondary N) is 3. The van der Waals surface area contributed by atoms with Gasteiger partial charge in [0.1, 0.15) is 0 Å². The van der Waals surface area contributed by atoms with Gasteiger partial charge in [0.25, 0.3) is 11.8 Å². The first-order chi connectivity index (χ1) is 12.4. The first-order valence-electron chi connectivity index (χ1n) is 8.36. The molecular weight excluding hydrogens is 328 g/mol. The molecule has 0 aliphatic rings. The molecular formula is C20H23N4O2+. The fourth-order valence-electron chi connectivity index (χ4n) is 2.52. The number of anilines is 2. The van der Waals surface area contributed by atoms with Crippen LogP contribution in [0.25, 0.3) is 0 Å². The summed E-state index contributed by atoms with van der Waals surface area (Å²) in [6.07, 6.45) is 0. The molecule has 26 heavy (non-hydrogen) atoms. The molecule has 0 aliphatic heterocycles. The van der Waals surface area contributed by atoms with Gasteiger partial charge in [-0.15, -0.1) is 0 Å². The molecule has 2 amide bonds. The summed E-state index contributed by atoms with van der Waals surface area (Å²) in [6.45, 7) is 4.32. The van der Waals surface area contributed by atoms with E-state index in [0.29, 0.717) is 11.3 Å². The molecule has 0 fully saturated rings. The summed E-state index contributed by atoms with van der Waals surface area (Å²) in [4.78, 5) is 25.1. The highest BCUT2D eigenvalue weighted by atomic mass is 16.2. The van der Waals surface area contributed by atoms with Gasteiger partial charge in [0, 0.05) is 11.4 Å². The van der Waals surface area contributed by atoms with Crippen molar-refractivity contribution in [1.29, 1.82) is 5.26 Å². The molecule has 2 aromatic carbocycles. The lowest BCUT2D eigenvalue weighted by Crippen LogP contribution is -3.11. The summed E-state index contributed by atoms with van der Waals surface area (Å²) in [5, 5.41) is 14.4. The van der Waals surface area contributed by atoms with Crippen molar-refractivity contribution in [2.75, 3.05) is 30.8 Å². The minimum atomic E-state index is -0.188. The molecule has 0 spiro atoms. The summed E-state index contributed by atoms with van der Waals surface area (Å²) in [5.74, 6) is -0.325. The smallest absolute Gasteiger partial charge is 0.279 e. The van der Waals surface area contributed by atoms with Crippen LogP contribution in [0.4, 0.5) is 11.4 Å². The van der Waals surface area contributed by atoms with Crippen LogP contribution in [0.2, 0.25) is 0 Å². The number of hydrogen-bond donors (Lipinski definition) is 3. The van der Waals surface area contributed by atoms with Crippen LogP contribution in [0.5, 0.6) is 0 Å². The Balaban J connectivity index is 1.84. The highest BCUT2D eigenvalue weighted by molar-refractivity contribution is 5.93.